The molecule has 178 valence electrons. The number of amides is 2. The van der Waals surface area contributed by atoms with Crippen molar-refractivity contribution in [3.05, 3.63) is 44.3 Å². The van der Waals surface area contributed by atoms with Gasteiger partial charge in [0.15, 0.2) is 6.61 Å². The van der Waals surface area contributed by atoms with Crippen LogP contribution in [0.4, 0.5) is 16.4 Å². The Bertz CT molecular complexity index is 1090. The summed E-state index contributed by atoms with van der Waals surface area (Å²) in [5, 5.41) is 16.8. The van der Waals surface area contributed by atoms with Crippen LogP contribution in [0.3, 0.4) is 0 Å². The lowest BCUT2D eigenvalue weighted by molar-refractivity contribution is -0.384. The van der Waals surface area contributed by atoms with Crippen molar-refractivity contribution in [2.45, 2.75) is 41.5 Å². The highest BCUT2D eigenvalue weighted by atomic mass is 32.1. The van der Waals surface area contributed by atoms with Crippen LogP contribution in [-0.4, -0.2) is 35.9 Å². The number of thiophene rings is 1. The van der Waals surface area contributed by atoms with Gasteiger partial charge in [-0.05, 0) is 38.5 Å². The highest BCUT2D eigenvalue weighted by Crippen LogP contribution is 2.34. The number of esters is 1. The van der Waals surface area contributed by atoms with E-state index in [4.69, 9.17) is 9.47 Å². The van der Waals surface area contributed by atoms with Gasteiger partial charge in [0.1, 0.15) is 16.4 Å². The summed E-state index contributed by atoms with van der Waals surface area (Å²) in [6.45, 7) is 10.2. The number of nitro benzene ring substituents is 1. The van der Waals surface area contributed by atoms with Gasteiger partial charge in [-0.1, -0.05) is 20.8 Å². The molecule has 2 rings (SSSR count). The highest BCUT2D eigenvalue weighted by molar-refractivity contribution is 7.16. The van der Waals surface area contributed by atoms with Gasteiger partial charge in [-0.3, -0.25) is 19.7 Å². The van der Waals surface area contributed by atoms with Crippen LogP contribution in [0.1, 0.15) is 48.5 Å². The number of hydrogen-bond donors (Lipinski definition) is 2. The summed E-state index contributed by atoms with van der Waals surface area (Å²) < 4.78 is 10.4. The third-order valence-corrected chi connectivity index (χ3v) is 5.71. The molecule has 0 aliphatic heterocycles. The number of anilines is 2. The van der Waals surface area contributed by atoms with Crippen LogP contribution in [0.5, 0.6) is 5.75 Å². The second kappa shape index (κ2) is 10.4. The first kappa shape index (κ1) is 25.8. The smallest absolute Gasteiger partial charge is 0.341 e. The minimum Gasteiger partial charge on any atom is -0.494 e. The molecule has 0 radical (unpaired) electrons. The Morgan fingerprint density at radius 1 is 1.15 bits per heavy atom. The molecule has 2 aromatic rings. The molecular formula is C22H27N3O7S. The van der Waals surface area contributed by atoms with E-state index < -0.39 is 28.8 Å². The van der Waals surface area contributed by atoms with E-state index in [1.165, 1.54) is 29.5 Å². The number of carbonyl (C=O) groups is 3. The topological polar surface area (TPSA) is 137 Å². The first-order valence-electron chi connectivity index (χ1n) is 10.1. The van der Waals surface area contributed by atoms with E-state index in [0.29, 0.717) is 22.9 Å². The zero-order valence-electron chi connectivity index (χ0n) is 19.4. The summed E-state index contributed by atoms with van der Waals surface area (Å²) in [6, 6.07) is 4.03. The van der Waals surface area contributed by atoms with Crippen molar-refractivity contribution in [2.24, 2.45) is 5.41 Å². The van der Waals surface area contributed by atoms with E-state index in [-0.39, 0.29) is 22.8 Å². The van der Waals surface area contributed by atoms with Crippen molar-refractivity contribution in [3.63, 3.8) is 0 Å². The molecule has 0 saturated heterocycles. The van der Waals surface area contributed by atoms with E-state index in [1.807, 2.05) is 0 Å². The summed E-state index contributed by atoms with van der Waals surface area (Å²) in [5.41, 5.74) is -0.256. The number of benzene rings is 1. The molecule has 0 atom stereocenters. The fourth-order valence-corrected chi connectivity index (χ4v) is 3.71. The maximum Gasteiger partial charge on any atom is 0.341 e. The van der Waals surface area contributed by atoms with E-state index in [0.717, 1.165) is 4.88 Å². The molecule has 0 fully saturated rings. The van der Waals surface area contributed by atoms with Crippen molar-refractivity contribution < 1.29 is 28.8 Å². The molecule has 1 heterocycles. The number of hydrogen-bond acceptors (Lipinski definition) is 8. The molecule has 0 spiro atoms. The van der Waals surface area contributed by atoms with Gasteiger partial charge in [0, 0.05) is 10.3 Å². The zero-order chi connectivity index (χ0) is 24.9. The molecular weight excluding hydrogens is 450 g/mol. The molecule has 10 nitrogen and oxygen atoms in total. The number of ether oxygens (including phenoxy) is 2. The summed E-state index contributed by atoms with van der Waals surface area (Å²) in [5.74, 6) is -1.50. The third-order valence-electron chi connectivity index (χ3n) is 4.58. The summed E-state index contributed by atoms with van der Waals surface area (Å²) in [6.07, 6.45) is 0. The fourth-order valence-electron chi connectivity index (χ4n) is 2.67. The van der Waals surface area contributed by atoms with Gasteiger partial charge < -0.3 is 20.1 Å². The van der Waals surface area contributed by atoms with Gasteiger partial charge in [0.2, 0.25) is 5.91 Å². The normalized spacial score (nSPS) is 11.0. The Kier molecular flexibility index (Phi) is 8.15. The quantitative estimate of drug-likeness (QED) is 0.325. The summed E-state index contributed by atoms with van der Waals surface area (Å²) in [7, 11) is 0. The van der Waals surface area contributed by atoms with Crippen molar-refractivity contribution >= 4 is 45.5 Å². The van der Waals surface area contributed by atoms with Gasteiger partial charge in [-0.15, -0.1) is 11.3 Å². The second-order valence-electron chi connectivity index (χ2n) is 8.18. The number of rotatable bonds is 8. The van der Waals surface area contributed by atoms with Crippen LogP contribution >= 0.6 is 11.3 Å². The maximum absolute atomic E-state index is 12.7. The molecule has 0 unspecified atom stereocenters. The van der Waals surface area contributed by atoms with Gasteiger partial charge in [0.05, 0.1) is 23.2 Å². The number of nitro groups is 1. The zero-order valence-corrected chi connectivity index (χ0v) is 20.2. The Morgan fingerprint density at radius 3 is 2.39 bits per heavy atom. The standard InChI is InChI=1S/C22H27N3O7S/c1-7-31-14-8-9-15(16(10-14)25(29)30)23-17(26)11-32-20(27)18-12(2)13(3)33-19(18)24-21(28)22(4,5)6/h8-10H,7,11H2,1-6H3,(H,23,26)(H,24,28). The third kappa shape index (κ3) is 6.51. The average molecular weight is 478 g/mol. The van der Waals surface area contributed by atoms with Crippen molar-refractivity contribution in [1.29, 1.82) is 0 Å². The lowest BCUT2D eigenvalue weighted by Crippen LogP contribution is -2.28. The first-order chi connectivity index (χ1) is 15.3. The number of carbonyl (C=O) groups excluding carboxylic acids is 3. The maximum atomic E-state index is 12.7. The predicted octanol–water partition coefficient (Wildman–Crippen LogP) is 4.45. The monoisotopic (exact) mass is 477 g/mol. The minimum absolute atomic E-state index is 0.0508. The molecule has 0 aliphatic rings. The largest absolute Gasteiger partial charge is 0.494 e. The number of aryl methyl sites for hydroxylation is 1. The SMILES string of the molecule is CCOc1ccc(NC(=O)COC(=O)c2c(NC(=O)C(C)(C)C)sc(C)c2C)c([N+](=O)[O-])c1. The lowest BCUT2D eigenvalue weighted by Gasteiger charge is -2.17. The predicted molar refractivity (Wildman–Crippen MR) is 125 cm³/mol. The number of nitrogens with zero attached hydrogens (tertiary/aromatic N) is 1. The Hall–Kier alpha value is -3.47. The van der Waals surface area contributed by atoms with Crippen LogP contribution < -0.4 is 15.4 Å². The van der Waals surface area contributed by atoms with E-state index in [2.05, 4.69) is 10.6 Å². The number of nitrogens with one attached hydrogen (secondary N) is 2. The highest BCUT2D eigenvalue weighted by Gasteiger charge is 2.27. The lowest BCUT2D eigenvalue weighted by atomic mass is 9.96. The Balaban J connectivity index is 2.12. The van der Waals surface area contributed by atoms with Crippen molar-refractivity contribution in [3.8, 4) is 5.75 Å². The molecule has 2 amide bonds. The Morgan fingerprint density at radius 2 is 1.82 bits per heavy atom. The molecule has 33 heavy (non-hydrogen) atoms. The van der Waals surface area contributed by atoms with Crippen LogP contribution in [0.2, 0.25) is 0 Å². The second-order valence-corrected chi connectivity index (χ2v) is 9.41. The molecule has 0 aliphatic carbocycles. The minimum atomic E-state index is -0.780. The van der Waals surface area contributed by atoms with Crippen LogP contribution in [0.25, 0.3) is 0 Å². The van der Waals surface area contributed by atoms with Crippen molar-refractivity contribution in [2.75, 3.05) is 23.8 Å². The molecule has 0 saturated carbocycles. The van der Waals surface area contributed by atoms with Crippen LogP contribution in [0, 0.1) is 29.4 Å². The van der Waals surface area contributed by atoms with Crippen LogP contribution in [0.15, 0.2) is 18.2 Å². The van der Waals surface area contributed by atoms with Gasteiger partial charge in [0.25, 0.3) is 11.6 Å². The van der Waals surface area contributed by atoms with Crippen LogP contribution in [-0.2, 0) is 14.3 Å². The van der Waals surface area contributed by atoms with E-state index in [9.17, 15) is 24.5 Å². The molecule has 1 aromatic heterocycles. The van der Waals surface area contributed by atoms with E-state index in [1.54, 1.807) is 41.5 Å². The molecule has 2 N–H and O–H groups in total. The average Bonchev–Trinajstić information content (AvgIpc) is 3.00. The molecule has 0 bridgehead atoms. The molecule has 11 heteroatoms. The van der Waals surface area contributed by atoms with Gasteiger partial charge >= 0.3 is 5.97 Å². The van der Waals surface area contributed by atoms with Gasteiger partial charge in [-0.25, -0.2) is 4.79 Å². The van der Waals surface area contributed by atoms with Gasteiger partial charge in [-0.2, -0.15) is 0 Å². The fraction of sp³-hybridized carbons (Fsp3) is 0.409. The summed E-state index contributed by atoms with van der Waals surface area (Å²) in [4.78, 5) is 48.9. The Labute approximate surface area is 195 Å². The molecule has 1 aromatic carbocycles. The van der Waals surface area contributed by atoms with E-state index >= 15 is 0 Å². The summed E-state index contributed by atoms with van der Waals surface area (Å²) >= 11 is 1.24. The van der Waals surface area contributed by atoms with Crippen molar-refractivity contribution in [1.82, 2.24) is 0 Å². The first-order valence-corrected chi connectivity index (χ1v) is 11.0.